The number of carboxylic acids is 1. The molecule has 0 aliphatic heterocycles. The number of carbonyl (C=O) groups is 1. The highest BCUT2D eigenvalue weighted by molar-refractivity contribution is 5.92. The van der Waals surface area contributed by atoms with Gasteiger partial charge in [-0.1, -0.05) is 51.1 Å². The molecule has 0 radical (unpaired) electrons. The largest absolute Gasteiger partial charge is 0.478 e. The number of carboxylic acid groups (broad SMARTS) is 1. The molecule has 2 nitrogen and oxygen atoms in total. The third kappa shape index (κ3) is 5.34. The molecule has 1 aromatic carbocycles. The van der Waals surface area contributed by atoms with Gasteiger partial charge in [0.15, 0.2) is 0 Å². The molecule has 0 aliphatic rings. The molecule has 0 heterocycles. The first kappa shape index (κ1) is 13.5. The maximum absolute atomic E-state index is 11.2. The van der Waals surface area contributed by atoms with Gasteiger partial charge in [-0.2, -0.15) is 0 Å². The summed E-state index contributed by atoms with van der Waals surface area (Å²) < 4.78 is 0. The van der Waals surface area contributed by atoms with E-state index >= 15 is 0 Å². The van der Waals surface area contributed by atoms with Crippen LogP contribution in [0.1, 0.15) is 39.2 Å². The molecule has 0 amide bonds. The zero-order valence-corrected chi connectivity index (χ0v) is 10.7. The third-order valence-electron chi connectivity index (χ3n) is 2.56. The molecule has 0 spiro atoms. The predicted molar refractivity (Wildman–Crippen MR) is 70.7 cm³/mol. The van der Waals surface area contributed by atoms with Crippen molar-refractivity contribution in [1.29, 1.82) is 0 Å². The van der Waals surface area contributed by atoms with E-state index in [2.05, 4.69) is 20.8 Å². The van der Waals surface area contributed by atoms with E-state index in [9.17, 15) is 4.79 Å². The molecule has 0 saturated heterocycles. The average molecular weight is 232 g/mol. The molecule has 17 heavy (non-hydrogen) atoms. The van der Waals surface area contributed by atoms with Crippen LogP contribution < -0.4 is 0 Å². The van der Waals surface area contributed by atoms with Crippen LogP contribution in [0.15, 0.2) is 35.9 Å². The molecule has 1 N–H and O–H groups in total. The Hall–Kier alpha value is -1.57. The normalized spacial score (nSPS) is 12.5. The van der Waals surface area contributed by atoms with Gasteiger partial charge in [-0.25, -0.2) is 4.79 Å². The molecule has 92 valence electrons. The fourth-order valence-corrected chi connectivity index (χ4v) is 1.50. The van der Waals surface area contributed by atoms with Crippen molar-refractivity contribution < 1.29 is 9.90 Å². The van der Waals surface area contributed by atoms with Crippen molar-refractivity contribution in [2.45, 2.75) is 33.6 Å². The second-order valence-corrected chi connectivity index (χ2v) is 5.45. The second kappa shape index (κ2) is 5.67. The van der Waals surface area contributed by atoms with E-state index in [-0.39, 0.29) is 5.41 Å². The molecule has 0 aliphatic carbocycles. The van der Waals surface area contributed by atoms with Crippen LogP contribution >= 0.6 is 0 Å². The SMILES string of the molecule is CC(C)(C)CC/C(=C\c1ccccc1)C(=O)O. The van der Waals surface area contributed by atoms with Crippen LogP contribution in [0.5, 0.6) is 0 Å². The zero-order valence-electron chi connectivity index (χ0n) is 10.7. The van der Waals surface area contributed by atoms with E-state index in [0.717, 1.165) is 12.0 Å². The number of aliphatic carboxylic acids is 1. The van der Waals surface area contributed by atoms with E-state index < -0.39 is 5.97 Å². The Balaban J connectivity index is 2.80. The van der Waals surface area contributed by atoms with Crippen LogP contribution in [0.2, 0.25) is 0 Å². The Labute approximate surface area is 103 Å². The first-order chi connectivity index (χ1) is 7.88. The van der Waals surface area contributed by atoms with E-state index in [4.69, 9.17) is 5.11 Å². The molecular formula is C15H20O2. The summed E-state index contributed by atoms with van der Waals surface area (Å²) in [4.78, 5) is 11.2. The minimum Gasteiger partial charge on any atom is -0.478 e. The van der Waals surface area contributed by atoms with Crippen molar-refractivity contribution in [3.8, 4) is 0 Å². The van der Waals surface area contributed by atoms with Crippen molar-refractivity contribution in [2.75, 3.05) is 0 Å². The molecule has 0 aromatic heterocycles. The van der Waals surface area contributed by atoms with Gasteiger partial charge in [0.1, 0.15) is 0 Å². The minimum atomic E-state index is -0.821. The second-order valence-electron chi connectivity index (χ2n) is 5.45. The van der Waals surface area contributed by atoms with E-state index in [1.54, 1.807) is 6.08 Å². The van der Waals surface area contributed by atoms with Gasteiger partial charge < -0.3 is 5.11 Å². The van der Waals surface area contributed by atoms with E-state index in [1.807, 2.05) is 30.3 Å². The Kier molecular flexibility index (Phi) is 4.50. The number of hydrogen-bond donors (Lipinski definition) is 1. The summed E-state index contributed by atoms with van der Waals surface area (Å²) in [6.45, 7) is 6.36. The summed E-state index contributed by atoms with van der Waals surface area (Å²) in [5, 5.41) is 9.16. The quantitative estimate of drug-likeness (QED) is 0.797. The summed E-state index contributed by atoms with van der Waals surface area (Å²) in [6.07, 6.45) is 3.24. The van der Waals surface area contributed by atoms with Crippen LogP contribution in [0.4, 0.5) is 0 Å². The van der Waals surface area contributed by atoms with Crippen molar-refractivity contribution >= 4 is 12.0 Å². The highest BCUT2D eigenvalue weighted by Gasteiger charge is 2.14. The summed E-state index contributed by atoms with van der Waals surface area (Å²) in [6, 6.07) is 9.58. The van der Waals surface area contributed by atoms with Gasteiger partial charge in [0.25, 0.3) is 0 Å². The lowest BCUT2D eigenvalue weighted by Crippen LogP contribution is -2.08. The van der Waals surface area contributed by atoms with Crippen LogP contribution in [0.25, 0.3) is 6.08 Å². The van der Waals surface area contributed by atoms with Gasteiger partial charge >= 0.3 is 5.97 Å². The molecule has 1 rings (SSSR count). The predicted octanol–water partition coefficient (Wildman–Crippen LogP) is 3.98. The fraction of sp³-hybridized carbons (Fsp3) is 0.400. The van der Waals surface area contributed by atoms with Crippen LogP contribution in [0, 0.1) is 5.41 Å². The zero-order chi connectivity index (χ0) is 12.9. The highest BCUT2D eigenvalue weighted by atomic mass is 16.4. The van der Waals surface area contributed by atoms with Crippen LogP contribution in [0.3, 0.4) is 0 Å². The van der Waals surface area contributed by atoms with E-state index in [0.29, 0.717) is 12.0 Å². The van der Waals surface area contributed by atoms with Gasteiger partial charge in [-0.15, -0.1) is 0 Å². The van der Waals surface area contributed by atoms with Crippen molar-refractivity contribution in [2.24, 2.45) is 5.41 Å². The molecule has 0 bridgehead atoms. The van der Waals surface area contributed by atoms with Gasteiger partial charge in [-0.05, 0) is 29.9 Å². The van der Waals surface area contributed by atoms with Gasteiger partial charge in [0.05, 0.1) is 0 Å². The summed E-state index contributed by atoms with van der Waals surface area (Å²) >= 11 is 0. The Morgan fingerprint density at radius 2 is 1.82 bits per heavy atom. The summed E-state index contributed by atoms with van der Waals surface area (Å²) in [5.41, 5.74) is 1.58. The average Bonchev–Trinajstić information content (AvgIpc) is 2.24. The lowest BCUT2D eigenvalue weighted by atomic mass is 9.88. The third-order valence-corrected chi connectivity index (χ3v) is 2.56. The molecule has 1 aromatic rings. The molecule has 0 saturated carbocycles. The van der Waals surface area contributed by atoms with Crippen LogP contribution in [-0.2, 0) is 4.79 Å². The highest BCUT2D eigenvalue weighted by Crippen LogP contribution is 2.24. The Bertz CT molecular complexity index is 397. The molecule has 0 atom stereocenters. The molecule has 2 heteroatoms. The van der Waals surface area contributed by atoms with Gasteiger partial charge in [0.2, 0.25) is 0 Å². The lowest BCUT2D eigenvalue weighted by molar-refractivity contribution is -0.132. The smallest absolute Gasteiger partial charge is 0.331 e. The maximum atomic E-state index is 11.2. The minimum absolute atomic E-state index is 0.158. The van der Waals surface area contributed by atoms with Crippen molar-refractivity contribution in [1.82, 2.24) is 0 Å². The first-order valence-corrected chi connectivity index (χ1v) is 5.87. The Morgan fingerprint density at radius 1 is 1.24 bits per heavy atom. The Morgan fingerprint density at radius 3 is 2.29 bits per heavy atom. The lowest BCUT2D eigenvalue weighted by Gasteiger charge is -2.17. The fourth-order valence-electron chi connectivity index (χ4n) is 1.50. The topological polar surface area (TPSA) is 37.3 Å². The van der Waals surface area contributed by atoms with Gasteiger partial charge in [-0.3, -0.25) is 0 Å². The first-order valence-electron chi connectivity index (χ1n) is 5.87. The van der Waals surface area contributed by atoms with Gasteiger partial charge in [0, 0.05) is 5.57 Å². The molecular weight excluding hydrogens is 212 g/mol. The summed E-state index contributed by atoms with van der Waals surface area (Å²) in [5.74, 6) is -0.821. The number of rotatable bonds is 4. The van der Waals surface area contributed by atoms with E-state index in [1.165, 1.54) is 0 Å². The number of benzene rings is 1. The summed E-state index contributed by atoms with van der Waals surface area (Å²) in [7, 11) is 0. The number of hydrogen-bond acceptors (Lipinski definition) is 1. The van der Waals surface area contributed by atoms with Crippen LogP contribution in [-0.4, -0.2) is 11.1 Å². The molecule has 0 unspecified atom stereocenters. The molecule has 0 fully saturated rings. The monoisotopic (exact) mass is 232 g/mol. The van der Waals surface area contributed by atoms with Crippen molar-refractivity contribution in [3.63, 3.8) is 0 Å². The standard InChI is InChI=1S/C15H20O2/c1-15(2,3)10-9-13(14(16)17)11-12-7-5-4-6-8-12/h4-8,11H,9-10H2,1-3H3,(H,16,17)/b13-11+. The van der Waals surface area contributed by atoms with Crippen molar-refractivity contribution in [3.05, 3.63) is 41.5 Å². The maximum Gasteiger partial charge on any atom is 0.331 e.